The number of rotatable bonds is 2. The Labute approximate surface area is 164 Å². The summed E-state index contributed by atoms with van der Waals surface area (Å²) >= 11 is 0. The van der Waals surface area contributed by atoms with Gasteiger partial charge in [0.15, 0.2) is 0 Å². The van der Waals surface area contributed by atoms with E-state index in [4.69, 9.17) is 14.2 Å². The average molecular weight is 389 g/mol. The molecule has 28 heavy (non-hydrogen) atoms. The lowest BCUT2D eigenvalue weighted by atomic mass is 9.81. The van der Waals surface area contributed by atoms with E-state index < -0.39 is 17.6 Å². The number of ether oxygens (including phenoxy) is 3. The van der Waals surface area contributed by atoms with Crippen molar-refractivity contribution in [3.05, 3.63) is 34.4 Å². The molecule has 1 fully saturated rings. The van der Waals surface area contributed by atoms with E-state index >= 15 is 0 Å². The maximum Gasteiger partial charge on any atom is 0.410 e. The molecular weight excluding hydrogens is 362 g/mol. The average Bonchev–Trinajstić information content (AvgIpc) is 3.01. The number of nitrogens with zero attached hydrogens (tertiary/aromatic N) is 1. The summed E-state index contributed by atoms with van der Waals surface area (Å²) < 4.78 is 15.6. The van der Waals surface area contributed by atoms with Crippen molar-refractivity contribution in [2.75, 3.05) is 20.2 Å². The van der Waals surface area contributed by atoms with E-state index in [2.05, 4.69) is 0 Å². The van der Waals surface area contributed by atoms with Crippen molar-refractivity contribution in [3.63, 3.8) is 0 Å². The van der Waals surface area contributed by atoms with Crippen molar-refractivity contribution >= 4 is 18.0 Å². The summed E-state index contributed by atoms with van der Waals surface area (Å²) in [7, 11) is 1.35. The van der Waals surface area contributed by atoms with Crippen LogP contribution in [0.5, 0.6) is 0 Å². The van der Waals surface area contributed by atoms with Crippen LogP contribution in [0.3, 0.4) is 0 Å². The number of piperidine rings is 1. The number of hydrogen-bond donors (Lipinski definition) is 0. The molecule has 2 atom stereocenters. The third-order valence-electron chi connectivity index (χ3n) is 5.28. The molecule has 0 N–H and O–H groups in total. The van der Waals surface area contributed by atoms with Gasteiger partial charge in [0.05, 0.1) is 18.6 Å². The highest BCUT2D eigenvalue weighted by Crippen LogP contribution is 2.36. The number of fused-ring (bicyclic) bond motifs is 1. The van der Waals surface area contributed by atoms with E-state index in [1.807, 2.05) is 33.8 Å². The predicted octanol–water partition coefficient (Wildman–Crippen LogP) is 3.18. The second-order valence-electron chi connectivity index (χ2n) is 8.42. The molecular formula is C21H27NO6. The summed E-state index contributed by atoms with van der Waals surface area (Å²) in [5, 5.41) is 0. The van der Waals surface area contributed by atoms with Crippen molar-refractivity contribution in [1.29, 1.82) is 0 Å². The van der Waals surface area contributed by atoms with Gasteiger partial charge in [0.2, 0.25) is 0 Å². The molecule has 1 saturated heterocycles. The summed E-state index contributed by atoms with van der Waals surface area (Å²) in [5.74, 6) is -1.14. The van der Waals surface area contributed by atoms with Gasteiger partial charge in [-0.1, -0.05) is 6.07 Å². The van der Waals surface area contributed by atoms with E-state index in [0.717, 1.165) is 16.7 Å². The summed E-state index contributed by atoms with van der Waals surface area (Å²) in [6.45, 7) is 8.36. The van der Waals surface area contributed by atoms with E-state index in [-0.39, 0.29) is 31.0 Å². The van der Waals surface area contributed by atoms with Crippen molar-refractivity contribution in [2.45, 2.75) is 52.2 Å². The maximum atomic E-state index is 12.6. The van der Waals surface area contributed by atoms with E-state index in [1.165, 1.54) is 7.11 Å². The molecule has 0 radical (unpaired) electrons. The molecule has 0 aliphatic carbocycles. The molecule has 2 unspecified atom stereocenters. The number of benzene rings is 1. The molecule has 2 heterocycles. The zero-order valence-corrected chi connectivity index (χ0v) is 17.0. The first-order chi connectivity index (χ1) is 13.1. The molecule has 0 spiro atoms. The first-order valence-electron chi connectivity index (χ1n) is 9.46. The van der Waals surface area contributed by atoms with Gasteiger partial charge in [-0.2, -0.15) is 0 Å². The highest BCUT2D eigenvalue weighted by Gasteiger charge is 2.38. The van der Waals surface area contributed by atoms with E-state index in [9.17, 15) is 14.4 Å². The number of carbonyl (C=O) groups excluding carboxylic acids is 3. The summed E-state index contributed by atoms with van der Waals surface area (Å²) in [6.07, 6.45) is 0.129. The lowest BCUT2D eigenvalue weighted by molar-refractivity contribution is -0.147. The monoisotopic (exact) mass is 389 g/mol. The normalized spacial score (nSPS) is 21.8. The largest absolute Gasteiger partial charge is 0.469 e. The first kappa shape index (κ1) is 20.2. The van der Waals surface area contributed by atoms with Crippen LogP contribution in [0.4, 0.5) is 4.79 Å². The molecule has 2 aliphatic rings. The van der Waals surface area contributed by atoms with Gasteiger partial charge in [-0.05, 0) is 51.3 Å². The number of hydrogen-bond acceptors (Lipinski definition) is 6. The highest BCUT2D eigenvalue weighted by molar-refractivity contribution is 5.94. The smallest absolute Gasteiger partial charge is 0.410 e. The van der Waals surface area contributed by atoms with Gasteiger partial charge in [-0.15, -0.1) is 0 Å². The Morgan fingerprint density at radius 2 is 1.93 bits per heavy atom. The number of amides is 1. The zero-order chi connectivity index (χ0) is 20.6. The van der Waals surface area contributed by atoms with Gasteiger partial charge in [0.1, 0.15) is 12.2 Å². The molecule has 1 aromatic carbocycles. The standard InChI is InChI=1S/C21H27NO6/c1-12-15(6-7-16-17(12)11-27-19(16)24)13-8-14(18(23)26-5)10-22(9-13)20(25)28-21(2,3)4/h6-7,13-14H,8-11H2,1-5H3. The van der Waals surface area contributed by atoms with Crippen LogP contribution in [0.2, 0.25) is 0 Å². The van der Waals surface area contributed by atoms with Gasteiger partial charge in [0.25, 0.3) is 0 Å². The van der Waals surface area contributed by atoms with Crippen LogP contribution in [-0.2, 0) is 25.6 Å². The molecule has 0 bridgehead atoms. The number of carbonyl (C=O) groups is 3. The lowest BCUT2D eigenvalue weighted by Gasteiger charge is -2.38. The van der Waals surface area contributed by atoms with Crippen LogP contribution in [0, 0.1) is 12.8 Å². The lowest BCUT2D eigenvalue weighted by Crippen LogP contribution is -2.47. The molecule has 1 amide bonds. The predicted molar refractivity (Wildman–Crippen MR) is 101 cm³/mol. The molecule has 0 aromatic heterocycles. The Hall–Kier alpha value is -2.57. The Bertz CT molecular complexity index is 810. The highest BCUT2D eigenvalue weighted by atomic mass is 16.6. The Balaban J connectivity index is 1.90. The van der Waals surface area contributed by atoms with Crippen LogP contribution in [-0.4, -0.2) is 48.7 Å². The topological polar surface area (TPSA) is 82.1 Å². The van der Waals surface area contributed by atoms with Gasteiger partial charge >= 0.3 is 18.0 Å². The maximum absolute atomic E-state index is 12.6. The molecule has 1 aromatic rings. The van der Waals surface area contributed by atoms with E-state index in [0.29, 0.717) is 18.5 Å². The Kier molecular flexibility index (Phi) is 5.37. The summed E-state index contributed by atoms with van der Waals surface area (Å²) in [6, 6.07) is 3.67. The minimum atomic E-state index is -0.619. The SMILES string of the molecule is COC(=O)C1CC(c2ccc3c(c2C)COC3=O)CN(C(=O)OC(C)(C)C)C1. The molecule has 152 valence electrons. The molecule has 0 saturated carbocycles. The van der Waals surface area contributed by atoms with Crippen molar-refractivity contribution in [3.8, 4) is 0 Å². The molecule has 3 rings (SSSR count). The third kappa shape index (κ3) is 3.98. The molecule has 2 aliphatic heterocycles. The van der Waals surface area contributed by atoms with Crippen molar-refractivity contribution in [2.24, 2.45) is 5.92 Å². The fourth-order valence-electron chi connectivity index (χ4n) is 3.95. The van der Waals surface area contributed by atoms with Crippen LogP contribution < -0.4 is 0 Å². The van der Waals surface area contributed by atoms with Gasteiger partial charge < -0.3 is 19.1 Å². The Morgan fingerprint density at radius 3 is 2.57 bits per heavy atom. The van der Waals surface area contributed by atoms with Gasteiger partial charge in [-0.25, -0.2) is 9.59 Å². The third-order valence-corrected chi connectivity index (χ3v) is 5.28. The first-order valence-corrected chi connectivity index (χ1v) is 9.46. The quantitative estimate of drug-likeness (QED) is 0.571. The van der Waals surface area contributed by atoms with Crippen LogP contribution in [0.15, 0.2) is 12.1 Å². The van der Waals surface area contributed by atoms with Crippen LogP contribution in [0.1, 0.15) is 60.2 Å². The molecule has 7 nitrogen and oxygen atoms in total. The van der Waals surface area contributed by atoms with Crippen molar-refractivity contribution in [1.82, 2.24) is 4.90 Å². The summed E-state index contributed by atoms with van der Waals surface area (Å²) in [4.78, 5) is 38.3. The number of cyclic esters (lactones) is 1. The fourth-order valence-corrected chi connectivity index (χ4v) is 3.95. The second kappa shape index (κ2) is 7.45. The Morgan fingerprint density at radius 1 is 1.21 bits per heavy atom. The summed E-state index contributed by atoms with van der Waals surface area (Å²) in [5.41, 5.74) is 2.84. The number of methoxy groups -OCH3 is 1. The number of likely N-dealkylation sites (tertiary alicyclic amines) is 1. The second-order valence-corrected chi connectivity index (χ2v) is 8.42. The van der Waals surface area contributed by atoms with Crippen LogP contribution >= 0.6 is 0 Å². The van der Waals surface area contributed by atoms with Crippen LogP contribution in [0.25, 0.3) is 0 Å². The minimum absolute atomic E-state index is 0.0635. The minimum Gasteiger partial charge on any atom is -0.469 e. The zero-order valence-electron chi connectivity index (χ0n) is 17.0. The molecule has 7 heteroatoms. The number of esters is 2. The van der Waals surface area contributed by atoms with E-state index in [1.54, 1.807) is 11.0 Å². The van der Waals surface area contributed by atoms with Crippen molar-refractivity contribution < 1.29 is 28.6 Å². The van der Waals surface area contributed by atoms with Gasteiger partial charge in [-0.3, -0.25) is 4.79 Å². The van der Waals surface area contributed by atoms with Gasteiger partial charge in [0, 0.05) is 24.6 Å². The fraction of sp³-hybridized carbons (Fsp3) is 0.571.